The molecule has 0 aliphatic carbocycles. The number of carbonyl (C=O) groups excluding carboxylic acids is 1. The SMILES string of the molecule is CCOc1ccc(NC(=O)CNCCOC)cc1F.Cl. The van der Waals surface area contributed by atoms with Crippen LogP contribution in [0.15, 0.2) is 18.2 Å². The lowest BCUT2D eigenvalue weighted by Crippen LogP contribution is -2.30. The number of rotatable bonds is 8. The van der Waals surface area contributed by atoms with Crippen LogP contribution in [0.2, 0.25) is 0 Å². The second-order valence-corrected chi connectivity index (χ2v) is 3.80. The summed E-state index contributed by atoms with van der Waals surface area (Å²) in [4.78, 5) is 11.5. The lowest BCUT2D eigenvalue weighted by molar-refractivity contribution is -0.115. The van der Waals surface area contributed by atoms with Gasteiger partial charge in [-0.3, -0.25) is 4.79 Å². The van der Waals surface area contributed by atoms with Crippen LogP contribution in [0.3, 0.4) is 0 Å². The van der Waals surface area contributed by atoms with E-state index in [2.05, 4.69) is 10.6 Å². The number of carbonyl (C=O) groups is 1. The van der Waals surface area contributed by atoms with Crippen LogP contribution in [0.1, 0.15) is 6.92 Å². The van der Waals surface area contributed by atoms with Crippen molar-refractivity contribution in [3.63, 3.8) is 0 Å². The first kappa shape index (κ1) is 18.6. The van der Waals surface area contributed by atoms with Gasteiger partial charge in [-0.15, -0.1) is 12.4 Å². The zero-order valence-electron chi connectivity index (χ0n) is 11.6. The molecule has 0 spiro atoms. The number of ether oxygens (including phenoxy) is 2. The molecule has 0 saturated heterocycles. The number of methoxy groups -OCH3 is 1. The minimum absolute atomic E-state index is 0. The molecule has 0 aliphatic rings. The van der Waals surface area contributed by atoms with E-state index in [9.17, 15) is 9.18 Å². The van der Waals surface area contributed by atoms with Crippen molar-refractivity contribution < 1.29 is 18.7 Å². The Morgan fingerprint density at radius 3 is 2.75 bits per heavy atom. The summed E-state index contributed by atoms with van der Waals surface area (Å²) in [6, 6.07) is 4.33. The second-order valence-electron chi connectivity index (χ2n) is 3.80. The van der Waals surface area contributed by atoms with Gasteiger partial charge in [0.2, 0.25) is 5.91 Å². The van der Waals surface area contributed by atoms with Crippen LogP contribution in [0.4, 0.5) is 10.1 Å². The van der Waals surface area contributed by atoms with Crippen molar-refractivity contribution in [3.8, 4) is 5.75 Å². The molecule has 0 heterocycles. The quantitative estimate of drug-likeness (QED) is 0.719. The van der Waals surface area contributed by atoms with Crippen LogP contribution in [0.5, 0.6) is 5.75 Å². The normalized spacial score (nSPS) is 9.75. The zero-order valence-corrected chi connectivity index (χ0v) is 12.4. The van der Waals surface area contributed by atoms with Crippen molar-refractivity contribution in [3.05, 3.63) is 24.0 Å². The topological polar surface area (TPSA) is 59.6 Å². The maximum Gasteiger partial charge on any atom is 0.238 e. The maximum atomic E-state index is 13.5. The van der Waals surface area contributed by atoms with Gasteiger partial charge in [-0.2, -0.15) is 0 Å². The lowest BCUT2D eigenvalue weighted by Gasteiger charge is -2.09. The molecule has 1 amide bonds. The highest BCUT2D eigenvalue weighted by molar-refractivity contribution is 5.92. The molecule has 1 rings (SSSR count). The molecule has 0 aromatic heterocycles. The summed E-state index contributed by atoms with van der Waals surface area (Å²) in [5, 5.41) is 5.49. The Kier molecular flexibility index (Phi) is 9.71. The first-order valence-electron chi connectivity index (χ1n) is 6.09. The van der Waals surface area contributed by atoms with Crippen LogP contribution in [-0.2, 0) is 9.53 Å². The number of nitrogens with one attached hydrogen (secondary N) is 2. The predicted octanol–water partition coefficient (Wildman–Crippen LogP) is 1.82. The molecule has 1 aromatic carbocycles. The fraction of sp³-hybridized carbons (Fsp3) is 0.462. The molecule has 5 nitrogen and oxygen atoms in total. The molecular formula is C13H20ClFN2O3. The molecule has 0 atom stereocenters. The second kappa shape index (κ2) is 10.4. The van der Waals surface area contributed by atoms with E-state index in [1.165, 1.54) is 12.1 Å². The average molecular weight is 307 g/mol. The van der Waals surface area contributed by atoms with Crippen LogP contribution in [-0.4, -0.2) is 39.3 Å². The third-order valence-electron chi connectivity index (χ3n) is 2.28. The summed E-state index contributed by atoms with van der Waals surface area (Å²) < 4.78 is 23.4. The van der Waals surface area contributed by atoms with Gasteiger partial charge in [0.1, 0.15) is 0 Å². The van der Waals surface area contributed by atoms with Crippen LogP contribution in [0, 0.1) is 5.82 Å². The van der Waals surface area contributed by atoms with Gasteiger partial charge in [0, 0.05) is 25.4 Å². The van der Waals surface area contributed by atoms with Crippen molar-refractivity contribution in [1.29, 1.82) is 0 Å². The average Bonchev–Trinajstić information content (AvgIpc) is 2.38. The van der Waals surface area contributed by atoms with Crippen molar-refractivity contribution >= 4 is 24.0 Å². The molecule has 0 saturated carbocycles. The molecule has 7 heteroatoms. The van der Waals surface area contributed by atoms with E-state index >= 15 is 0 Å². The van der Waals surface area contributed by atoms with Gasteiger partial charge in [-0.05, 0) is 19.1 Å². The number of hydrogen-bond donors (Lipinski definition) is 2. The number of benzene rings is 1. The Hall–Kier alpha value is -1.37. The van der Waals surface area contributed by atoms with Gasteiger partial charge in [-0.1, -0.05) is 0 Å². The van der Waals surface area contributed by atoms with Crippen LogP contribution < -0.4 is 15.4 Å². The highest BCUT2D eigenvalue weighted by Crippen LogP contribution is 2.20. The predicted molar refractivity (Wildman–Crippen MR) is 78.2 cm³/mol. The Labute approximate surface area is 124 Å². The van der Waals surface area contributed by atoms with E-state index in [1.807, 2.05) is 0 Å². The van der Waals surface area contributed by atoms with E-state index in [0.717, 1.165) is 0 Å². The van der Waals surface area contributed by atoms with Crippen molar-refractivity contribution in [2.75, 3.05) is 38.7 Å². The van der Waals surface area contributed by atoms with Gasteiger partial charge in [0.15, 0.2) is 11.6 Å². The molecule has 114 valence electrons. The maximum absolute atomic E-state index is 13.5. The number of hydrogen-bond acceptors (Lipinski definition) is 4. The molecule has 2 N–H and O–H groups in total. The highest BCUT2D eigenvalue weighted by atomic mass is 35.5. The Morgan fingerprint density at radius 1 is 1.40 bits per heavy atom. The largest absolute Gasteiger partial charge is 0.491 e. The summed E-state index contributed by atoms with van der Waals surface area (Å²) in [5.74, 6) is -0.551. The lowest BCUT2D eigenvalue weighted by atomic mass is 10.3. The monoisotopic (exact) mass is 306 g/mol. The Bertz CT molecular complexity index is 419. The third kappa shape index (κ3) is 6.70. The van der Waals surface area contributed by atoms with E-state index in [-0.39, 0.29) is 30.6 Å². The van der Waals surface area contributed by atoms with Gasteiger partial charge in [0.05, 0.1) is 19.8 Å². The minimum atomic E-state index is -0.494. The molecule has 0 fully saturated rings. The summed E-state index contributed by atoms with van der Waals surface area (Å²) in [6.45, 7) is 3.44. The number of halogens is 2. The first-order chi connectivity index (χ1) is 9.17. The number of amides is 1. The standard InChI is InChI=1S/C13H19FN2O3.ClH/c1-3-19-12-5-4-10(8-11(12)14)16-13(17)9-15-6-7-18-2;/h4-5,8,15H,3,6-7,9H2,1-2H3,(H,16,17);1H. The minimum Gasteiger partial charge on any atom is -0.491 e. The summed E-state index contributed by atoms with van der Waals surface area (Å²) in [6.07, 6.45) is 0. The molecule has 0 bridgehead atoms. The van der Waals surface area contributed by atoms with Gasteiger partial charge >= 0.3 is 0 Å². The van der Waals surface area contributed by atoms with Gasteiger partial charge in [0.25, 0.3) is 0 Å². The van der Waals surface area contributed by atoms with Crippen molar-refractivity contribution in [2.45, 2.75) is 6.92 Å². The molecule has 1 aromatic rings. The summed E-state index contributed by atoms with van der Waals surface area (Å²) >= 11 is 0. The smallest absolute Gasteiger partial charge is 0.238 e. The van der Waals surface area contributed by atoms with E-state index in [4.69, 9.17) is 9.47 Å². The highest BCUT2D eigenvalue weighted by Gasteiger charge is 2.06. The van der Waals surface area contributed by atoms with Crippen LogP contribution in [0.25, 0.3) is 0 Å². The van der Waals surface area contributed by atoms with Crippen molar-refractivity contribution in [1.82, 2.24) is 5.32 Å². The molecule has 20 heavy (non-hydrogen) atoms. The molecule has 0 unspecified atom stereocenters. The third-order valence-corrected chi connectivity index (χ3v) is 2.28. The van der Waals surface area contributed by atoms with E-state index in [1.54, 1.807) is 20.1 Å². The van der Waals surface area contributed by atoms with Gasteiger partial charge in [-0.25, -0.2) is 4.39 Å². The molecular weight excluding hydrogens is 287 g/mol. The van der Waals surface area contributed by atoms with E-state index < -0.39 is 5.82 Å². The van der Waals surface area contributed by atoms with Crippen LogP contribution >= 0.6 is 12.4 Å². The molecule has 0 aliphatic heterocycles. The fourth-order valence-electron chi connectivity index (χ4n) is 1.43. The van der Waals surface area contributed by atoms with Gasteiger partial charge < -0.3 is 20.1 Å². The first-order valence-corrected chi connectivity index (χ1v) is 6.09. The Morgan fingerprint density at radius 2 is 2.15 bits per heavy atom. The summed E-state index contributed by atoms with van der Waals surface area (Å²) in [7, 11) is 1.59. The van der Waals surface area contributed by atoms with Crippen molar-refractivity contribution in [2.24, 2.45) is 0 Å². The number of anilines is 1. The zero-order chi connectivity index (χ0) is 14.1. The van der Waals surface area contributed by atoms with E-state index in [0.29, 0.717) is 25.4 Å². The Balaban J connectivity index is 0.00000361. The fourth-order valence-corrected chi connectivity index (χ4v) is 1.43. The molecule has 0 radical (unpaired) electrons. The summed E-state index contributed by atoms with van der Waals surface area (Å²) in [5.41, 5.74) is 0.402.